The average molecular weight is 348 g/mol. The Morgan fingerprint density at radius 2 is 1.92 bits per heavy atom. The van der Waals surface area contributed by atoms with E-state index in [1.807, 2.05) is 20.8 Å². The molecule has 0 aliphatic carbocycles. The van der Waals surface area contributed by atoms with Crippen molar-refractivity contribution in [3.05, 3.63) is 42.0 Å². The quantitative estimate of drug-likeness (QED) is 0.438. The standard InChI is InChI=1S/C19H24O6/c1-13(11-19(2,3)4)18(22)25-12-24-15-8-6-14(7-9-17(20)21)10-16(15)23-5/h6-10H,1,11-12H2,2-5H3,(H,20,21)/b9-7+. The van der Waals surface area contributed by atoms with Gasteiger partial charge in [-0.25, -0.2) is 9.59 Å². The van der Waals surface area contributed by atoms with Gasteiger partial charge in [-0.15, -0.1) is 0 Å². The molecule has 6 heteroatoms. The number of carboxylic acid groups (broad SMARTS) is 1. The Balaban J connectivity index is 2.64. The van der Waals surface area contributed by atoms with Crippen LogP contribution in [0.15, 0.2) is 36.4 Å². The number of carbonyl (C=O) groups is 2. The largest absolute Gasteiger partial charge is 0.493 e. The maximum absolute atomic E-state index is 11.9. The second-order valence-electron chi connectivity index (χ2n) is 6.62. The van der Waals surface area contributed by atoms with E-state index in [1.165, 1.54) is 13.2 Å². The molecule has 6 nitrogen and oxygen atoms in total. The molecular formula is C19H24O6. The lowest BCUT2D eigenvalue weighted by Crippen LogP contribution is -2.16. The Bertz CT molecular complexity index is 667. The Kier molecular flexibility index (Phi) is 7.23. The smallest absolute Gasteiger partial charge is 0.336 e. The Labute approximate surface area is 147 Å². The molecule has 0 bridgehead atoms. The molecule has 0 heterocycles. The number of esters is 1. The highest BCUT2D eigenvalue weighted by Crippen LogP contribution is 2.29. The van der Waals surface area contributed by atoms with Crippen molar-refractivity contribution in [1.82, 2.24) is 0 Å². The molecule has 1 aromatic rings. The Hall–Kier alpha value is -2.76. The zero-order valence-corrected chi connectivity index (χ0v) is 15.0. The number of benzene rings is 1. The molecule has 0 unspecified atom stereocenters. The molecule has 136 valence electrons. The number of ether oxygens (including phenoxy) is 3. The molecule has 25 heavy (non-hydrogen) atoms. The molecule has 0 radical (unpaired) electrons. The molecule has 1 aromatic carbocycles. The van der Waals surface area contributed by atoms with Crippen LogP contribution < -0.4 is 9.47 Å². The van der Waals surface area contributed by atoms with Crippen LogP contribution >= 0.6 is 0 Å². The number of hydrogen-bond donors (Lipinski definition) is 1. The number of carboxylic acids is 1. The fourth-order valence-corrected chi connectivity index (χ4v) is 2.04. The second kappa shape index (κ2) is 8.92. The van der Waals surface area contributed by atoms with E-state index in [-0.39, 0.29) is 12.2 Å². The van der Waals surface area contributed by atoms with E-state index in [4.69, 9.17) is 19.3 Å². The van der Waals surface area contributed by atoms with Gasteiger partial charge in [0.25, 0.3) is 0 Å². The lowest BCUT2D eigenvalue weighted by molar-refractivity contribution is -0.145. The Morgan fingerprint density at radius 3 is 2.48 bits per heavy atom. The first-order chi connectivity index (χ1) is 11.6. The molecule has 0 fully saturated rings. The lowest BCUT2D eigenvalue weighted by atomic mass is 9.88. The summed E-state index contributed by atoms with van der Waals surface area (Å²) in [6, 6.07) is 4.89. The van der Waals surface area contributed by atoms with Crippen molar-refractivity contribution in [2.24, 2.45) is 5.41 Å². The summed E-state index contributed by atoms with van der Waals surface area (Å²) in [5, 5.41) is 8.64. The van der Waals surface area contributed by atoms with Crippen molar-refractivity contribution >= 4 is 18.0 Å². The van der Waals surface area contributed by atoms with Crippen molar-refractivity contribution in [1.29, 1.82) is 0 Å². The first-order valence-electron chi connectivity index (χ1n) is 7.69. The Morgan fingerprint density at radius 1 is 1.24 bits per heavy atom. The predicted molar refractivity (Wildman–Crippen MR) is 94.5 cm³/mol. The number of rotatable bonds is 8. The summed E-state index contributed by atoms with van der Waals surface area (Å²) >= 11 is 0. The van der Waals surface area contributed by atoms with Crippen LogP contribution in [-0.4, -0.2) is 30.9 Å². The molecule has 0 aromatic heterocycles. The molecule has 1 rings (SSSR count). The van der Waals surface area contributed by atoms with Crippen LogP contribution in [0.1, 0.15) is 32.8 Å². The van der Waals surface area contributed by atoms with Crippen LogP contribution in [0.25, 0.3) is 6.08 Å². The maximum Gasteiger partial charge on any atom is 0.336 e. The fraction of sp³-hybridized carbons (Fsp3) is 0.368. The molecular weight excluding hydrogens is 324 g/mol. The van der Waals surface area contributed by atoms with Crippen LogP contribution in [0, 0.1) is 5.41 Å². The van der Waals surface area contributed by atoms with Gasteiger partial charge in [0.15, 0.2) is 11.5 Å². The molecule has 0 saturated carbocycles. The van der Waals surface area contributed by atoms with Crippen LogP contribution in [0.3, 0.4) is 0 Å². The van der Waals surface area contributed by atoms with E-state index in [0.717, 1.165) is 6.08 Å². The van der Waals surface area contributed by atoms with Crippen LogP contribution in [0.4, 0.5) is 0 Å². The summed E-state index contributed by atoms with van der Waals surface area (Å²) in [5.41, 5.74) is 0.971. The molecule has 0 saturated heterocycles. The minimum atomic E-state index is -1.04. The van der Waals surface area contributed by atoms with Gasteiger partial charge in [0.2, 0.25) is 6.79 Å². The van der Waals surface area contributed by atoms with Crippen molar-refractivity contribution in [3.8, 4) is 11.5 Å². The van der Waals surface area contributed by atoms with Crippen molar-refractivity contribution < 1.29 is 28.9 Å². The van der Waals surface area contributed by atoms with Crippen LogP contribution in [0.2, 0.25) is 0 Å². The average Bonchev–Trinajstić information content (AvgIpc) is 2.51. The monoisotopic (exact) mass is 348 g/mol. The number of methoxy groups -OCH3 is 1. The minimum Gasteiger partial charge on any atom is -0.493 e. The van der Waals surface area contributed by atoms with Crippen molar-refractivity contribution in [2.45, 2.75) is 27.2 Å². The SMILES string of the molecule is C=C(CC(C)(C)C)C(=O)OCOc1ccc(/C=C/C(=O)O)cc1OC. The summed E-state index contributed by atoms with van der Waals surface area (Å²) < 4.78 is 15.7. The highest BCUT2D eigenvalue weighted by Gasteiger charge is 2.18. The van der Waals surface area contributed by atoms with E-state index < -0.39 is 11.9 Å². The summed E-state index contributed by atoms with van der Waals surface area (Å²) in [5.74, 6) is -0.766. The van der Waals surface area contributed by atoms with Gasteiger partial charge in [0.1, 0.15) is 0 Å². The van der Waals surface area contributed by atoms with E-state index in [9.17, 15) is 9.59 Å². The summed E-state index contributed by atoms with van der Waals surface area (Å²) in [7, 11) is 1.46. The van der Waals surface area contributed by atoms with E-state index in [1.54, 1.807) is 18.2 Å². The summed E-state index contributed by atoms with van der Waals surface area (Å²) in [6.45, 7) is 9.48. The van der Waals surface area contributed by atoms with Crippen molar-refractivity contribution in [3.63, 3.8) is 0 Å². The van der Waals surface area contributed by atoms with E-state index >= 15 is 0 Å². The first kappa shape index (κ1) is 20.3. The summed E-state index contributed by atoms with van der Waals surface area (Å²) in [4.78, 5) is 22.4. The molecule has 0 atom stereocenters. The van der Waals surface area contributed by atoms with E-state index in [0.29, 0.717) is 29.1 Å². The highest BCUT2D eigenvalue weighted by molar-refractivity contribution is 5.87. The van der Waals surface area contributed by atoms with Gasteiger partial charge < -0.3 is 19.3 Å². The molecule has 1 N–H and O–H groups in total. The van der Waals surface area contributed by atoms with Gasteiger partial charge in [-0.05, 0) is 35.6 Å². The third-order valence-electron chi connectivity index (χ3n) is 3.04. The second-order valence-corrected chi connectivity index (χ2v) is 6.62. The number of hydrogen-bond acceptors (Lipinski definition) is 5. The van der Waals surface area contributed by atoms with Gasteiger partial charge in [-0.1, -0.05) is 33.4 Å². The maximum atomic E-state index is 11.9. The molecule has 0 aliphatic heterocycles. The molecule has 0 aliphatic rings. The van der Waals surface area contributed by atoms with Gasteiger partial charge in [-0.3, -0.25) is 0 Å². The molecule has 0 spiro atoms. The zero-order valence-electron chi connectivity index (χ0n) is 15.0. The van der Waals surface area contributed by atoms with Crippen LogP contribution in [0.5, 0.6) is 11.5 Å². The number of aliphatic carboxylic acids is 1. The topological polar surface area (TPSA) is 82.1 Å². The predicted octanol–water partition coefficient (Wildman–Crippen LogP) is 3.66. The lowest BCUT2D eigenvalue weighted by Gasteiger charge is -2.19. The van der Waals surface area contributed by atoms with Gasteiger partial charge in [0, 0.05) is 11.6 Å². The van der Waals surface area contributed by atoms with E-state index in [2.05, 4.69) is 6.58 Å². The van der Waals surface area contributed by atoms with Gasteiger partial charge >= 0.3 is 11.9 Å². The van der Waals surface area contributed by atoms with Gasteiger partial charge in [-0.2, -0.15) is 0 Å². The summed E-state index contributed by atoms with van der Waals surface area (Å²) in [6.07, 6.45) is 2.99. The van der Waals surface area contributed by atoms with Gasteiger partial charge in [0.05, 0.1) is 7.11 Å². The number of carbonyl (C=O) groups excluding carboxylic acids is 1. The zero-order chi connectivity index (χ0) is 19.0. The van der Waals surface area contributed by atoms with Crippen LogP contribution in [-0.2, 0) is 14.3 Å². The first-order valence-corrected chi connectivity index (χ1v) is 7.69. The fourth-order valence-electron chi connectivity index (χ4n) is 2.04. The minimum absolute atomic E-state index is 0.0561. The van der Waals surface area contributed by atoms with Crippen molar-refractivity contribution in [2.75, 3.05) is 13.9 Å². The molecule has 0 amide bonds. The third kappa shape index (κ3) is 7.56. The highest BCUT2D eigenvalue weighted by atomic mass is 16.7. The normalized spacial score (nSPS) is 11.2. The third-order valence-corrected chi connectivity index (χ3v) is 3.04.